The number of nitrogens with one attached hydrogen (secondary N) is 3. The number of hydrogen-bond donors (Lipinski definition) is 3. The number of thiocarbonyl (C=S) groups is 1. The molecule has 0 fully saturated rings. The van der Waals surface area contributed by atoms with Gasteiger partial charge in [-0.1, -0.05) is 32.4 Å². The number of halogens is 1. The molecule has 0 heterocycles. The summed E-state index contributed by atoms with van der Waals surface area (Å²) in [5.41, 5.74) is 1.14. The van der Waals surface area contributed by atoms with Crippen LogP contribution in [0.2, 0.25) is 5.02 Å². The second-order valence-electron chi connectivity index (χ2n) is 5.59. The molecule has 0 unspecified atom stereocenters. The van der Waals surface area contributed by atoms with Crippen molar-refractivity contribution in [1.29, 1.82) is 0 Å². The Balaban J connectivity index is 2.70. The predicted octanol–water partition coefficient (Wildman–Crippen LogP) is 3.94. The van der Waals surface area contributed by atoms with Crippen molar-refractivity contribution in [3.63, 3.8) is 0 Å². The molecule has 23 heavy (non-hydrogen) atoms. The van der Waals surface area contributed by atoms with E-state index >= 15 is 0 Å². The average molecular weight is 356 g/mol. The predicted molar refractivity (Wildman–Crippen MR) is 98.8 cm³/mol. The number of hydrogen-bond acceptors (Lipinski definition) is 3. The first-order chi connectivity index (χ1) is 10.8. The molecule has 5 nitrogen and oxygen atoms in total. The van der Waals surface area contributed by atoms with Crippen LogP contribution < -0.4 is 16.0 Å². The van der Waals surface area contributed by atoms with Crippen LogP contribution in [-0.4, -0.2) is 16.9 Å². The third-order valence-corrected chi connectivity index (χ3v) is 3.36. The molecule has 0 radical (unpaired) electrons. The molecular formula is C16H22ClN3O2S. The normalized spacial score (nSPS) is 10.3. The topological polar surface area (TPSA) is 70.2 Å². The van der Waals surface area contributed by atoms with Gasteiger partial charge in [-0.2, -0.15) is 0 Å². The van der Waals surface area contributed by atoms with E-state index in [1.165, 1.54) is 0 Å². The van der Waals surface area contributed by atoms with Gasteiger partial charge in [-0.05, 0) is 42.8 Å². The molecule has 0 bridgehead atoms. The van der Waals surface area contributed by atoms with Crippen molar-refractivity contribution >= 4 is 52.1 Å². The highest BCUT2D eigenvalue weighted by Crippen LogP contribution is 2.25. The number of amides is 2. The van der Waals surface area contributed by atoms with Crippen molar-refractivity contribution in [2.24, 2.45) is 5.92 Å². The van der Waals surface area contributed by atoms with E-state index in [-0.39, 0.29) is 22.8 Å². The maximum Gasteiger partial charge on any atom is 0.226 e. The standard InChI is InChI=1S/C16H22ClN3O2S/c1-4-5-14(21)18-11-6-7-12(17)13(9-11)19-16(23)20-15(22)8-10(2)3/h6-7,9-10H,4-5,8H2,1-3H3,(H,18,21)(H2,19,20,22,23). The van der Waals surface area contributed by atoms with Crippen LogP contribution in [0, 0.1) is 5.92 Å². The highest BCUT2D eigenvalue weighted by molar-refractivity contribution is 7.80. The monoisotopic (exact) mass is 355 g/mol. The van der Waals surface area contributed by atoms with Gasteiger partial charge in [0.05, 0.1) is 10.7 Å². The summed E-state index contributed by atoms with van der Waals surface area (Å²) in [6.45, 7) is 5.84. The molecule has 0 aliphatic rings. The smallest absolute Gasteiger partial charge is 0.226 e. The number of rotatable bonds is 6. The van der Waals surface area contributed by atoms with E-state index in [1.54, 1.807) is 18.2 Å². The van der Waals surface area contributed by atoms with Gasteiger partial charge in [0.2, 0.25) is 11.8 Å². The first-order valence-corrected chi connectivity index (χ1v) is 8.30. The number of carbonyl (C=O) groups is 2. The van der Waals surface area contributed by atoms with Crippen LogP contribution >= 0.6 is 23.8 Å². The molecule has 1 aromatic carbocycles. The minimum absolute atomic E-state index is 0.0615. The number of anilines is 2. The van der Waals surface area contributed by atoms with Crippen molar-refractivity contribution in [2.45, 2.75) is 40.0 Å². The Kier molecular flexibility index (Phi) is 7.98. The Morgan fingerprint density at radius 2 is 1.91 bits per heavy atom. The molecule has 1 rings (SSSR count). The summed E-state index contributed by atoms with van der Waals surface area (Å²) in [6.07, 6.45) is 1.62. The van der Waals surface area contributed by atoms with Crippen LogP contribution in [0.1, 0.15) is 40.0 Å². The summed E-state index contributed by atoms with van der Waals surface area (Å²) < 4.78 is 0. The molecule has 3 N–H and O–H groups in total. The Morgan fingerprint density at radius 1 is 1.22 bits per heavy atom. The lowest BCUT2D eigenvalue weighted by molar-refractivity contribution is -0.120. The molecule has 126 valence electrons. The fourth-order valence-electron chi connectivity index (χ4n) is 1.85. The Labute approximate surface area is 147 Å². The lowest BCUT2D eigenvalue weighted by Gasteiger charge is -2.13. The lowest BCUT2D eigenvalue weighted by atomic mass is 10.1. The molecule has 1 aromatic rings. The molecule has 0 aliphatic heterocycles. The van der Waals surface area contributed by atoms with Gasteiger partial charge in [0, 0.05) is 18.5 Å². The molecule has 7 heteroatoms. The summed E-state index contributed by atoms with van der Waals surface area (Å²) in [5.74, 6) is 0.0353. The first-order valence-electron chi connectivity index (χ1n) is 7.52. The second kappa shape index (κ2) is 9.47. The quantitative estimate of drug-likeness (QED) is 0.676. The third kappa shape index (κ3) is 7.43. The largest absolute Gasteiger partial charge is 0.331 e. The second-order valence-corrected chi connectivity index (χ2v) is 6.41. The minimum atomic E-state index is -0.152. The summed E-state index contributed by atoms with van der Waals surface area (Å²) in [6, 6.07) is 5.04. The van der Waals surface area contributed by atoms with Crippen molar-refractivity contribution in [2.75, 3.05) is 10.6 Å². The van der Waals surface area contributed by atoms with Crippen LogP contribution in [0.4, 0.5) is 11.4 Å². The van der Waals surface area contributed by atoms with E-state index in [2.05, 4.69) is 16.0 Å². The summed E-state index contributed by atoms with van der Waals surface area (Å²) in [5, 5.41) is 8.88. The molecule has 0 spiro atoms. The zero-order valence-corrected chi connectivity index (χ0v) is 15.1. The van der Waals surface area contributed by atoms with E-state index in [0.717, 1.165) is 6.42 Å². The SMILES string of the molecule is CCCC(=O)Nc1ccc(Cl)c(NC(=S)NC(=O)CC(C)C)c1. The van der Waals surface area contributed by atoms with Crippen LogP contribution in [-0.2, 0) is 9.59 Å². The molecule has 0 saturated carbocycles. The van der Waals surface area contributed by atoms with Crippen LogP contribution in [0.15, 0.2) is 18.2 Å². The van der Waals surface area contributed by atoms with E-state index < -0.39 is 0 Å². The molecule has 2 amide bonds. The van der Waals surface area contributed by atoms with Gasteiger partial charge in [-0.15, -0.1) is 0 Å². The van der Waals surface area contributed by atoms with Crippen LogP contribution in [0.5, 0.6) is 0 Å². The van der Waals surface area contributed by atoms with Crippen molar-refractivity contribution < 1.29 is 9.59 Å². The maximum absolute atomic E-state index is 11.7. The Morgan fingerprint density at radius 3 is 2.52 bits per heavy atom. The van der Waals surface area contributed by atoms with Gasteiger partial charge < -0.3 is 16.0 Å². The van der Waals surface area contributed by atoms with E-state index in [1.807, 2.05) is 20.8 Å². The van der Waals surface area contributed by atoms with Gasteiger partial charge in [-0.3, -0.25) is 9.59 Å². The van der Waals surface area contributed by atoms with Gasteiger partial charge in [0.15, 0.2) is 5.11 Å². The van der Waals surface area contributed by atoms with Gasteiger partial charge in [-0.25, -0.2) is 0 Å². The van der Waals surface area contributed by atoms with E-state index in [4.69, 9.17) is 23.8 Å². The number of carbonyl (C=O) groups excluding carboxylic acids is 2. The fraction of sp³-hybridized carbons (Fsp3) is 0.438. The van der Waals surface area contributed by atoms with E-state index in [0.29, 0.717) is 29.2 Å². The molecule has 0 aliphatic carbocycles. The van der Waals surface area contributed by atoms with Crippen LogP contribution in [0.25, 0.3) is 0 Å². The van der Waals surface area contributed by atoms with Gasteiger partial charge in [0.25, 0.3) is 0 Å². The fourth-order valence-corrected chi connectivity index (χ4v) is 2.24. The maximum atomic E-state index is 11.7. The molecule has 0 aromatic heterocycles. The zero-order chi connectivity index (χ0) is 17.4. The lowest BCUT2D eigenvalue weighted by Crippen LogP contribution is -2.34. The Bertz CT molecular complexity index is 591. The van der Waals surface area contributed by atoms with Crippen molar-refractivity contribution in [1.82, 2.24) is 5.32 Å². The molecular weight excluding hydrogens is 334 g/mol. The zero-order valence-electron chi connectivity index (χ0n) is 13.5. The Hall–Kier alpha value is -1.66. The van der Waals surface area contributed by atoms with E-state index in [9.17, 15) is 9.59 Å². The van der Waals surface area contributed by atoms with Gasteiger partial charge >= 0.3 is 0 Å². The third-order valence-electron chi connectivity index (χ3n) is 2.82. The first kappa shape index (κ1) is 19.4. The number of benzene rings is 1. The summed E-state index contributed by atoms with van der Waals surface area (Å²) >= 11 is 11.2. The summed E-state index contributed by atoms with van der Waals surface area (Å²) in [4.78, 5) is 23.3. The molecule has 0 saturated heterocycles. The highest BCUT2D eigenvalue weighted by Gasteiger charge is 2.10. The average Bonchev–Trinajstić information content (AvgIpc) is 2.41. The molecule has 0 atom stereocenters. The minimum Gasteiger partial charge on any atom is -0.331 e. The van der Waals surface area contributed by atoms with Crippen LogP contribution in [0.3, 0.4) is 0 Å². The highest BCUT2D eigenvalue weighted by atomic mass is 35.5. The van der Waals surface area contributed by atoms with Crippen molar-refractivity contribution in [3.8, 4) is 0 Å². The van der Waals surface area contributed by atoms with Crippen molar-refractivity contribution in [3.05, 3.63) is 23.2 Å². The summed E-state index contributed by atoms with van der Waals surface area (Å²) in [7, 11) is 0. The van der Waals surface area contributed by atoms with Gasteiger partial charge in [0.1, 0.15) is 0 Å².